The van der Waals surface area contributed by atoms with Gasteiger partial charge in [0, 0.05) is 28.7 Å². The minimum Gasteiger partial charge on any atom is -0.331 e. The normalized spacial score (nSPS) is 15.4. The Kier molecular flexibility index (Phi) is 6.09. The second-order valence-corrected chi connectivity index (χ2v) is 6.52. The second-order valence-electron chi connectivity index (χ2n) is 5.65. The van der Waals surface area contributed by atoms with Gasteiger partial charge in [0.25, 0.3) is 0 Å². The summed E-state index contributed by atoms with van der Waals surface area (Å²) >= 11 is 11.8. The van der Waals surface area contributed by atoms with Crippen LogP contribution >= 0.6 is 23.2 Å². The van der Waals surface area contributed by atoms with Crippen molar-refractivity contribution in [3.05, 3.63) is 28.2 Å². The highest BCUT2D eigenvalue weighted by atomic mass is 35.5. The Morgan fingerprint density at radius 1 is 1.14 bits per heavy atom. The van der Waals surface area contributed by atoms with E-state index in [0.717, 1.165) is 25.7 Å². The number of carbonyl (C=O) groups excluding carboxylic acids is 2. The topological polar surface area (TPSA) is 49.4 Å². The molecule has 1 saturated carbocycles. The number of halogens is 2. The summed E-state index contributed by atoms with van der Waals surface area (Å²) in [5.41, 5.74) is 0.537. The number of carbonyl (C=O) groups is 2. The second kappa shape index (κ2) is 7.84. The molecule has 0 aromatic heterocycles. The van der Waals surface area contributed by atoms with Crippen molar-refractivity contribution in [3.8, 4) is 0 Å². The van der Waals surface area contributed by atoms with Crippen LogP contribution in [-0.4, -0.2) is 29.3 Å². The molecule has 0 aliphatic heterocycles. The molecule has 2 rings (SSSR count). The first kappa shape index (κ1) is 17.1. The van der Waals surface area contributed by atoms with E-state index in [1.165, 1.54) is 13.3 Å². The predicted molar refractivity (Wildman–Crippen MR) is 89.4 cm³/mol. The zero-order valence-electron chi connectivity index (χ0n) is 12.6. The Morgan fingerprint density at radius 3 is 2.27 bits per heavy atom. The maximum absolute atomic E-state index is 12.2. The van der Waals surface area contributed by atoms with Gasteiger partial charge in [-0.3, -0.25) is 9.59 Å². The summed E-state index contributed by atoms with van der Waals surface area (Å²) in [6.07, 6.45) is 5.36. The molecule has 120 valence electrons. The van der Waals surface area contributed by atoms with Crippen molar-refractivity contribution in [1.29, 1.82) is 0 Å². The van der Waals surface area contributed by atoms with Gasteiger partial charge in [-0.25, -0.2) is 0 Å². The average Bonchev–Trinajstić information content (AvgIpc) is 2.44. The fourth-order valence-corrected chi connectivity index (χ4v) is 3.40. The van der Waals surface area contributed by atoms with Crippen molar-refractivity contribution in [2.45, 2.75) is 45.1 Å². The average molecular weight is 343 g/mol. The van der Waals surface area contributed by atoms with E-state index >= 15 is 0 Å². The van der Waals surface area contributed by atoms with Gasteiger partial charge in [0.05, 0.1) is 0 Å². The Labute approximate surface area is 140 Å². The van der Waals surface area contributed by atoms with Crippen LogP contribution in [0.2, 0.25) is 10.0 Å². The zero-order valence-corrected chi connectivity index (χ0v) is 14.1. The van der Waals surface area contributed by atoms with Gasteiger partial charge in [-0.05, 0) is 31.0 Å². The summed E-state index contributed by atoms with van der Waals surface area (Å²) in [6.45, 7) is 1.57. The summed E-state index contributed by atoms with van der Waals surface area (Å²) in [7, 11) is 0. The molecule has 1 aliphatic rings. The highest BCUT2D eigenvalue weighted by Crippen LogP contribution is 2.24. The van der Waals surface area contributed by atoms with Crippen molar-refractivity contribution in [2.24, 2.45) is 0 Å². The Bertz CT molecular complexity index is 537. The third kappa shape index (κ3) is 4.89. The van der Waals surface area contributed by atoms with Gasteiger partial charge < -0.3 is 10.2 Å². The molecular weight excluding hydrogens is 323 g/mol. The molecular formula is C16H20Cl2N2O2. The molecule has 0 radical (unpaired) electrons. The highest BCUT2D eigenvalue weighted by Gasteiger charge is 2.25. The Hall–Kier alpha value is -1.26. The van der Waals surface area contributed by atoms with E-state index in [0.29, 0.717) is 15.7 Å². The van der Waals surface area contributed by atoms with E-state index in [-0.39, 0.29) is 24.4 Å². The number of amides is 2. The van der Waals surface area contributed by atoms with Crippen LogP contribution in [0.5, 0.6) is 0 Å². The monoisotopic (exact) mass is 342 g/mol. The molecule has 0 atom stereocenters. The van der Waals surface area contributed by atoms with Crippen LogP contribution in [0.3, 0.4) is 0 Å². The predicted octanol–water partition coefficient (Wildman–Crippen LogP) is 4.11. The number of benzene rings is 1. The number of hydrogen-bond acceptors (Lipinski definition) is 2. The summed E-state index contributed by atoms with van der Waals surface area (Å²) in [5, 5.41) is 3.66. The van der Waals surface area contributed by atoms with Gasteiger partial charge in [-0.1, -0.05) is 42.5 Å². The third-order valence-electron chi connectivity index (χ3n) is 3.88. The molecule has 2 amide bonds. The first-order valence-corrected chi connectivity index (χ1v) is 8.24. The van der Waals surface area contributed by atoms with E-state index in [2.05, 4.69) is 5.32 Å². The maximum Gasteiger partial charge on any atom is 0.244 e. The number of anilines is 1. The van der Waals surface area contributed by atoms with Crippen molar-refractivity contribution < 1.29 is 9.59 Å². The lowest BCUT2D eigenvalue weighted by Gasteiger charge is -2.33. The minimum absolute atomic E-state index is 0.0597. The van der Waals surface area contributed by atoms with Gasteiger partial charge in [-0.15, -0.1) is 0 Å². The van der Waals surface area contributed by atoms with Crippen molar-refractivity contribution in [2.75, 3.05) is 11.9 Å². The van der Waals surface area contributed by atoms with Crippen molar-refractivity contribution >= 4 is 40.7 Å². The van der Waals surface area contributed by atoms with Crippen LogP contribution in [-0.2, 0) is 9.59 Å². The SMILES string of the molecule is CC(=O)N(CC(=O)Nc1cc(Cl)cc(Cl)c1)C1CCCCC1. The molecule has 1 fully saturated rings. The van der Waals surface area contributed by atoms with Gasteiger partial charge in [0.2, 0.25) is 11.8 Å². The van der Waals surface area contributed by atoms with Gasteiger partial charge in [0.1, 0.15) is 6.54 Å². The molecule has 0 saturated heterocycles. The molecule has 0 bridgehead atoms. The van der Waals surface area contributed by atoms with Gasteiger partial charge in [0.15, 0.2) is 0 Å². The molecule has 1 N–H and O–H groups in total. The molecule has 22 heavy (non-hydrogen) atoms. The lowest BCUT2D eigenvalue weighted by Crippen LogP contribution is -2.44. The summed E-state index contributed by atoms with van der Waals surface area (Å²) in [4.78, 5) is 25.7. The highest BCUT2D eigenvalue weighted by molar-refractivity contribution is 6.35. The maximum atomic E-state index is 12.2. The van der Waals surface area contributed by atoms with E-state index < -0.39 is 0 Å². The van der Waals surface area contributed by atoms with Crippen LogP contribution in [0.1, 0.15) is 39.0 Å². The number of rotatable bonds is 4. The fraction of sp³-hybridized carbons (Fsp3) is 0.500. The third-order valence-corrected chi connectivity index (χ3v) is 4.32. The lowest BCUT2D eigenvalue weighted by molar-refractivity contribution is -0.135. The molecule has 1 aliphatic carbocycles. The smallest absolute Gasteiger partial charge is 0.244 e. The molecule has 4 nitrogen and oxygen atoms in total. The first-order chi connectivity index (χ1) is 10.5. The van der Waals surface area contributed by atoms with E-state index in [4.69, 9.17) is 23.2 Å². The summed E-state index contributed by atoms with van der Waals surface area (Å²) in [6, 6.07) is 5.02. The Morgan fingerprint density at radius 2 is 1.73 bits per heavy atom. The molecule has 1 aromatic rings. The van der Waals surface area contributed by atoms with Gasteiger partial charge in [-0.2, -0.15) is 0 Å². The zero-order chi connectivity index (χ0) is 16.1. The fourth-order valence-electron chi connectivity index (χ4n) is 2.87. The van der Waals surface area contributed by atoms with Crippen LogP contribution in [0.15, 0.2) is 18.2 Å². The van der Waals surface area contributed by atoms with E-state index in [1.54, 1.807) is 23.1 Å². The quantitative estimate of drug-likeness (QED) is 0.894. The first-order valence-electron chi connectivity index (χ1n) is 7.49. The van der Waals surface area contributed by atoms with Crippen LogP contribution in [0, 0.1) is 0 Å². The molecule has 0 spiro atoms. The van der Waals surface area contributed by atoms with Crippen LogP contribution < -0.4 is 5.32 Å². The molecule has 1 aromatic carbocycles. The van der Waals surface area contributed by atoms with E-state index in [9.17, 15) is 9.59 Å². The van der Waals surface area contributed by atoms with Crippen LogP contribution in [0.4, 0.5) is 5.69 Å². The number of nitrogens with zero attached hydrogens (tertiary/aromatic N) is 1. The molecule has 6 heteroatoms. The largest absolute Gasteiger partial charge is 0.331 e. The summed E-state index contributed by atoms with van der Waals surface area (Å²) in [5.74, 6) is -0.301. The van der Waals surface area contributed by atoms with Crippen LogP contribution in [0.25, 0.3) is 0 Å². The van der Waals surface area contributed by atoms with E-state index in [1.807, 2.05) is 0 Å². The minimum atomic E-state index is -0.237. The summed E-state index contributed by atoms with van der Waals surface area (Å²) < 4.78 is 0. The van der Waals surface area contributed by atoms with Crippen molar-refractivity contribution in [3.63, 3.8) is 0 Å². The molecule has 0 unspecified atom stereocenters. The van der Waals surface area contributed by atoms with Crippen molar-refractivity contribution in [1.82, 2.24) is 4.90 Å². The molecule has 0 heterocycles. The number of nitrogens with one attached hydrogen (secondary N) is 1. The standard InChI is InChI=1S/C16H20Cl2N2O2/c1-11(21)20(15-5-3-2-4-6-15)10-16(22)19-14-8-12(17)7-13(18)9-14/h7-9,15H,2-6,10H2,1H3,(H,19,22). The van der Waals surface area contributed by atoms with Gasteiger partial charge >= 0.3 is 0 Å². The number of hydrogen-bond donors (Lipinski definition) is 1. The Balaban J connectivity index is 2.00. The lowest BCUT2D eigenvalue weighted by atomic mass is 9.94.